The van der Waals surface area contributed by atoms with Gasteiger partial charge in [-0.05, 0) is 0 Å². The minimum atomic E-state index is -0.389. The summed E-state index contributed by atoms with van der Waals surface area (Å²) in [5.41, 5.74) is 0.374. The van der Waals surface area contributed by atoms with E-state index >= 15 is 0 Å². The SMILES string of the molecule is COCCc1nc(C(=O)OC)cs1. The van der Waals surface area contributed by atoms with E-state index in [2.05, 4.69) is 9.72 Å². The second-order valence-electron chi connectivity index (χ2n) is 2.36. The quantitative estimate of drug-likeness (QED) is 0.685. The van der Waals surface area contributed by atoms with E-state index in [4.69, 9.17) is 4.74 Å². The summed E-state index contributed by atoms with van der Waals surface area (Å²) in [6, 6.07) is 0. The van der Waals surface area contributed by atoms with Crippen molar-refractivity contribution in [2.75, 3.05) is 20.8 Å². The molecule has 1 heterocycles. The molecule has 1 rings (SSSR count). The lowest BCUT2D eigenvalue weighted by molar-refractivity contribution is 0.0594. The lowest BCUT2D eigenvalue weighted by atomic mass is 10.4. The van der Waals surface area contributed by atoms with Gasteiger partial charge in [0.15, 0.2) is 5.69 Å². The van der Waals surface area contributed by atoms with Crippen molar-refractivity contribution >= 4 is 17.3 Å². The van der Waals surface area contributed by atoms with E-state index in [1.54, 1.807) is 12.5 Å². The Kier molecular flexibility index (Phi) is 3.85. The van der Waals surface area contributed by atoms with Gasteiger partial charge in [0, 0.05) is 18.9 Å². The Morgan fingerprint density at radius 3 is 3.00 bits per heavy atom. The van der Waals surface area contributed by atoms with Crippen molar-refractivity contribution in [3.63, 3.8) is 0 Å². The van der Waals surface area contributed by atoms with Gasteiger partial charge in [-0.3, -0.25) is 0 Å². The van der Waals surface area contributed by atoms with Crippen molar-refractivity contribution in [1.29, 1.82) is 0 Å². The number of ether oxygens (including phenoxy) is 2. The Balaban J connectivity index is 2.58. The lowest BCUT2D eigenvalue weighted by Gasteiger charge is -1.93. The lowest BCUT2D eigenvalue weighted by Crippen LogP contribution is -2.02. The molecule has 0 saturated heterocycles. The van der Waals surface area contributed by atoms with Crippen molar-refractivity contribution < 1.29 is 14.3 Å². The number of aromatic nitrogens is 1. The maximum atomic E-state index is 11.0. The molecule has 0 aliphatic heterocycles. The third kappa shape index (κ3) is 2.78. The molecule has 0 spiro atoms. The number of rotatable bonds is 4. The van der Waals surface area contributed by atoms with Crippen molar-refractivity contribution in [2.45, 2.75) is 6.42 Å². The van der Waals surface area contributed by atoms with E-state index < -0.39 is 0 Å². The number of carbonyl (C=O) groups excluding carboxylic acids is 1. The zero-order chi connectivity index (χ0) is 9.68. The zero-order valence-electron chi connectivity index (χ0n) is 7.57. The molecule has 5 heteroatoms. The van der Waals surface area contributed by atoms with E-state index in [-0.39, 0.29) is 5.97 Å². The Morgan fingerprint density at radius 1 is 1.62 bits per heavy atom. The van der Waals surface area contributed by atoms with Crippen LogP contribution in [0.5, 0.6) is 0 Å². The summed E-state index contributed by atoms with van der Waals surface area (Å²) >= 11 is 1.44. The third-order valence-electron chi connectivity index (χ3n) is 1.47. The Bertz CT molecular complexity index is 285. The Morgan fingerprint density at radius 2 is 2.38 bits per heavy atom. The van der Waals surface area contributed by atoms with Gasteiger partial charge in [-0.1, -0.05) is 0 Å². The fraction of sp³-hybridized carbons (Fsp3) is 0.500. The highest BCUT2D eigenvalue weighted by Gasteiger charge is 2.09. The van der Waals surface area contributed by atoms with Crippen molar-refractivity contribution in [1.82, 2.24) is 4.98 Å². The van der Waals surface area contributed by atoms with Crippen LogP contribution in [-0.4, -0.2) is 31.8 Å². The van der Waals surface area contributed by atoms with Crippen LogP contribution in [0.1, 0.15) is 15.5 Å². The van der Waals surface area contributed by atoms with E-state index in [1.807, 2.05) is 0 Å². The molecule has 72 valence electrons. The summed E-state index contributed by atoms with van der Waals surface area (Å²) in [4.78, 5) is 15.1. The molecule has 0 aromatic carbocycles. The second-order valence-corrected chi connectivity index (χ2v) is 3.30. The molecule has 0 N–H and O–H groups in total. The molecule has 0 unspecified atom stereocenters. The molecule has 1 aromatic rings. The number of methoxy groups -OCH3 is 2. The predicted octanol–water partition coefficient (Wildman–Crippen LogP) is 1.12. The van der Waals surface area contributed by atoms with Gasteiger partial charge in [-0.25, -0.2) is 9.78 Å². The first kappa shape index (κ1) is 10.1. The normalized spacial score (nSPS) is 10.0. The highest BCUT2D eigenvalue weighted by atomic mass is 32.1. The van der Waals surface area contributed by atoms with E-state index in [0.29, 0.717) is 12.3 Å². The van der Waals surface area contributed by atoms with Gasteiger partial charge in [-0.15, -0.1) is 11.3 Å². The molecule has 0 saturated carbocycles. The zero-order valence-corrected chi connectivity index (χ0v) is 8.39. The van der Waals surface area contributed by atoms with Gasteiger partial charge in [0.1, 0.15) is 0 Å². The molecule has 0 fully saturated rings. The summed E-state index contributed by atoms with van der Waals surface area (Å²) in [5, 5.41) is 2.58. The Hall–Kier alpha value is -0.940. The van der Waals surface area contributed by atoms with Crippen molar-refractivity contribution in [2.24, 2.45) is 0 Å². The van der Waals surface area contributed by atoms with Crippen LogP contribution >= 0.6 is 11.3 Å². The first-order valence-corrected chi connectivity index (χ1v) is 4.67. The fourth-order valence-electron chi connectivity index (χ4n) is 0.813. The van der Waals surface area contributed by atoms with Crippen LogP contribution < -0.4 is 0 Å². The molecular formula is C8H11NO3S. The molecular weight excluding hydrogens is 190 g/mol. The maximum Gasteiger partial charge on any atom is 0.357 e. The number of nitrogens with zero attached hydrogens (tertiary/aromatic N) is 1. The van der Waals surface area contributed by atoms with Crippen LogP contribution in [0.2, 0.25) is 0 Å². The molecule has 0 bridgehead atoms. The van der Waals surface area contributed by atoms with E-state index in [9.17, 15) is 4.79 Å². The largest absolute Gasteiger partial charge is 0.464 e. The number of hydrogen-bond donors (Lipinski definition) is 0. The van der Waals surface area contributed by atoms with Crippen molar-refractivity contribution in [3.05, 3.63) is 16.1 Å². The highest BCUT2D eigenvalue weighted by molar-refractivity contribution is 7.09. The number of carbonyl (C=O) groups is 1. The van der Waals surface area contributed by atoms with Gasteiger partial charge >= 0.3 is 5.97 Å². The predicted molar refractivity (Wildman–Crippen MR) is 49.0 cm³/mol. The van der Waals surface area contributed by atoms with Gasteiger partial charge in [-0.2, -0.15) is 0 Å². The number of hydrogen-bond acceptors (Lipinski definition) is 5. The molecule has 1 aromatic heterocycles. The van der Waals surface area contributed by atoms with Gasteiger partial charge in [0.2, 0.25) is 0 Å². The van der Waals surface area contributed by atoms with Gasteiger partial charge < -0.3 is 9.47 Å². The topological polar surface area (TPSA) is 48.4 Å². The van der Waals surface area contributed by atoms with Crippen LogP contribution in [0.15, 0.2) is 5.38 Å². The van der Waals surface area contributed by atoms with E-state index in [0.717, 1.165) is 11.4 Å². The summed E-state index contributed by atoms with van der Waals surface area (Å²) in [5.74, 6) is -0.389. The first-order valence-electron chi connectivity index (χ1n) is 3.79. The van der Waals surface area contributed by atoms with E-state index in [1.165, 1.54) is 18.4 Å². The second kappa shape index (κ2) is 4.94. The monoisotopic (exact) mass is 201 g/mol. The fourth-order valence-corrected chi connectivity index (χ4v) is 1.56. The molecule has 0 aliphatic rings. The molecule has 0 atom stereocenters. The summed E-state index contributed by atoms with van der Waals surface area (Å²) in [7, 11) is 2.98. The first-order chi connectivity index (χ1) is 6.27. The summed E-state index contributed by atoms with van der Waals surface area (Å²) < 4.78 is 9.42. The highest BCUT2D eigenvalue weighted by Crippen LogP contribution is 2.10. The average Bonchev–Trinajstić information content (AvgIpc) is 2.62. The van der Waals surface area contributed by atoms with Crippen LogP contribution in [0.25, 0.3) is 0 Å². The number of esters is 1. The van der Waals surface area contributed by atoms with Crippen LogP contribution in [0, 0.1) is 0 Å². The minimum Gasteiger partial charge on any atom is -0.464 e. The van der Waals surface area contributed by atoms with Crippen LogP contribution in [0.3, 0.4) is 0 Å². The van der Waals surface area contributed by atoms with Crippen molar-refractivity contribution in [3.8, 4) is 0 Å². The summed E-state index contributed by atoms with van der Waals surface area (Å²) in [6.07, 6.45) is 0.734. The average molecular weight is 201 g/mol. The molecule has 0 amide bonds. The smallest absolute Gasteiger partial charge is 0.357 e. The molecule has 13 heavy (non-hydrogen) atoms. The Labute approximate surface area is 80.5 Å². The third-order valence-corrected chi connectivity index (χ3v) is 2.37. The van der Waals surface area contributed by atoms with Gasteiger partial charge in [0.05, 0.1) is 18.7 Å². The maximum absolute atomic E-state index is 11.0. The molecule has 4 nitrogen and oxygen atoms in total. The minimum absolute atomic E-state index is 0.374. The van der Waals surface area contributed by atoms with Crippen LogP contribution in [-0.2, 0) is 15.9 Å². The number of thiazole rings is 1. The summed E-state index contributed by atoms with van der Waals surface area (Å²) in [6.45, 7) is 0.619. The molecule has 0 radical (unpaired) electrons. The van der Waals surface area contributed by atoms with Gasteiger partial charge in [0.25, 0.3) is 0 Å². The molecule has 0 aliphatic carbocycles. The van der Waals surface area contributed by atoms with Crippen LogP contribution in [0.4, 0.5) is 0 Å². The standard InChI is InChI=1S/C8H11NO3S/c1-11-4-3-7-9-6(5-13-7)8(10)12-2/h5H,3-4H2,1-2H3.